The number of fused-ring (bicyclic) bond motifs is 1. The van der Waals surface area contributed by atoms with Crippen LogP contribution in [-0.2, 0) is 32.5 Å². The van der Waals surface area contributed by atoms with Gasteiger partial charge in [0.25, 0.3) is 5.56 Å². The van der Waals surface area contributed by atoms with Gasteiger partial charge in [-0.2, -0.15) is 5.10 Å². The van der Waals surface area contributed by atoms with Crippen molar-refractivity contribution >= 4 is 26.8 Å². The molecule has 0 amide bonds. The van der Waals surface area contributed by atoms with E-state index in [1.807, 2.05) is 30.3 Å². The number of benzene rings is 1. The number of sulfone groups is 1. The lowest BCUT2D eigenvalue weighted by Gasteiger charge is -2.10. The van der Waals surface area contributed by atoms with Gasteiger partial charge in [0.05, 0.1) is 23.7 Å². The maximum absolute atomic E-state index is 12.6. The van der Waals surface area contributed by atoms with E-state index < -0.39 is 21.4 Å². The van der Waals surface area contributed by atoms with Gasteiger partial charge in [0.1, 0.15) is 24.9 Å². The topological polar surface area (TPSA) is 113 Å². The highest BCUT2D eigenvalue weighted by Crippen LogP contribution is 2.25. The van der Waals surface area contributed by atoms with Crippen LogP contribution in [0.3, 0.4) is 0 Å². The van der Waals surface area contributed by atoms with Gasteiger partial charge in [-0.3, -0.25) is 14.2 Å². The molecule has 1 aromatic carbocycles. The Kier molecular flexibility index (Phi) is 4.71. The zero-order valence-electron chi connectivity index (χ0n) is 14.9. The molecule has 1 unspecified atom stereocenters. The third kappa shape index (κ3) is 3.68. The lowest BCUT2D eigenvalue weighted by atomic mass is 10.2. The SMILES string of the molecule is O=C(Cn1cnc2c(cnn2C2CCS(=O)(=O)C2)c1=O)OCc1ccccc1. The highest BCUT2D eigenvalue weighted by atomic mass is 32.2. The van der Waals surface area contributed by atoms with Crippen molar-refractivity contribution in [2.24, 2.45) is 0 Å². The molecule has 146 valence electrons. The molecule has 1 saturated heterocycles. The summed E-state index contributed by atoms with van der Waals surface area (Å²) in [4.78, 5) is 28.9. The molecule has 1 aliphatic rings. The van der Waals surface area contributed by atoms with Gasteiger partial charge in [-0.15, -0.1) is 0 Å². The fraction of sp³-hybridized carbons (Fsp3) is 0.333. The van der Waals surface area contributed by atoms with E-state index in [0.717, 1.165) is 10.1 Å². The van der Waals surface area contributed by atoms with E-state index in [9.17, 15) is 18.0 Å². The van der Waals surface area contributed by atoms with Gasteiger partial charge in [-0.1, -0.05) is 30.3 Å². The molecule has 28 heavy (non-hydrogen) atoms. The predicted octanol–water partition coefficient (Wildman–Crippen LogP) is 0.696. The molecule has 2 aromatic heterocycles. The van der Waals surface area contributed by atoms with Crippen molar-refractivity contribution in [2.45, 2.75) is 25.6 Å². The molecule has 1 fully saturated rings. The van der Waals surface area contributed by atoms with Crippen molar-refractivity contribution in [1.29, 1.82) is 0 Å². The number of carbonyl (C=O) groups excluding carboxylic acids is 1. The summed E-state index contributed by atoms with van der Waals surface area (Å²) in [5.74, 6) is -0.467. The van der Waals surface area contributed by atoms with Gasteiger partial charge in [0.15, 0.2) is 15.5 Å². The van der Waals surface area contributed by atoms with Crippen molar-refractivity contribution in [3.63, 3.8) is 0 Å². The molecule has 3 heterocycles. The maximum atomic E-state index is 12.6. The summed E-state index contributed by atoms with van der Waals surface area (Å²) < 4.78 is 31.2. The molecule has 1 aliphatic heterocycles. The first-order chi connectivity index (χ1) is 13.4. The van der Waals surface area contributed by atoms with Crippen LogP contribution in [0.25, 0.3) is 11.0 Å². The van der Waals surface area contributed by atoms with Gasteiger partial charge in [-0.05, 0) is 12.0 Å². The lowest BCUT2D eigenvalue weighted by Crippen LogP contribution is -2.26. The molecular formula is C18H18N4O5S. The molecule has 0 spiro atoms. The molecule has 4 rings (SSSR count). The number of rotatable bonds is 5. The van der Waals surface area contributed by atoms with Gasteiger partial charge >= 0.3 is 5.97 Å². The minimum Gasteiger partial charge on any atom is -0.459 e. The van der Waals surface area contributed by atoms with E-state index in [1.165, 1.54) is 17.2 Å². The third-order valence-corrected chi connectivity index (χ3v) is 6.43. The first-order valence-corrected chi connectivity index (χ1v) is 10.6. The number of ether oxygens (including phenoxy) is 1. The molecule has 1 atom stereocenters. The quantitative estimate of drug-likeness (QED) is 0.577. The van der Waals surface area contributed by atoms with E-state index >= 15 is 0 Å². The third-order valence-electron chi connectivity index (χ3n) is 4.68. The summed E-state index contributed by atoms with van der Waals surface area (Å²) in [5.41, 5.74) is 0.749. The summed E-state index contributed by atoms with van der Waals surface area (Å²) in [7, 11) is -3.09. The zero-order valence-corrected chi connectivity index (χ0v) is 15.7. The minimum absolute atomic E-state index is 0.0135. The van der Waals surface area contributed by atoms with Crippen molar-refractivity contribution in [1.82, 2.24) is 19.3 Å². The van der Waals surface area contributed by atoms with E-state index in [2.05, 4.69) is 10.1 Å². The van der Waals surface area contributed by atoms with Gasteiger partial charge < -0.3 is 4.74 Å². The molecule has 0 radical (unpaired) electrons. The maximum Gasteiger partial charge on any atom is 0.326 e. The van der Waals surface area contributed by atoms with Crippen molar-refractivity contribution in [3.8, 4) is 0 Å². The highest BCUT2D eigenvalue weighted by Gasteiger charge is 2.31. The Hall–Kier alpha value is -3.01. The molecule has 3 aromatic rings. The average Bonchev–Trinajstić information content (AvgIpc) is 3.26. The summed E-state index contributed by atoms with van der Waals surface area (Å²) in [6.07, 6.45) is 3.06. The van der Waals surface area contributed by atoms with Crippen LogP contribution in [0.2, 0.25) is 0 Å². The Labute approximate surface area is 160 Å². The number of carbonyl (C=O) groups is 1. The number of esters is 1. The second-order valence-electron chi connectivity index (χ2n) is 6.71. The van der Waals surface area contributed by atoms with E-state index in [4.69, 9.17) is 4.74 Å². The summed E-state index contributed by atoms with van der Waals surface area (Å²) in [6, 6.07) is 8.90. The summed E-state index contributed by atoms with van der Waals surface area (Å²) >= 11 is 0. The summed E-state index contributed by atoms with van der Waals surface area (Å²) in [6.45, 7) is -0.143. The number of hydrogen-bond donors (Lipinski definition) is 0. The molecule has 0 bridgehead atoms. The fourth-order valence-corrected chi connectivity index (χ4v) is 4.93. The van der Waals surface area contributed by atoms with Crippen LogP contribution >= 0.6 is 0 Å². The van der Waals surface area contributed by atoms with Crippen LogP contribution in [0.5, 0.6) is 0 Å². The van der Waals surface area contributed by atoms with Crippen LogP contribution in [0.4, 0.5) is 0 Å². The summed E-state index contributed by atoms with van der Waals surface area (Å²) in [5, 5.41) is 4.40. The van der Waals surface area contributed by atoms with Crippen LogP contribution in [0.15, 0.2) is 47.7 Å². The molecule has 9 nitrogen and oxygen atoms in total. The minimum atomic E-state index is -3.09. The highest BCUT2D eigenvalue weighted by molar-refractivity contribution is 7.91. The van der Waals surface area contributed by atoms with Crippen LogP contribution in [-0.4, -0.2) is 45.2 Å². The smallest absolute Gasteiger partial charge is 0.326 e. The predicted molar refractivity (Wildman–Crippen MR) is 100 cm³/mol. The Balaban J connectivity index is 1.51. The Morgan fingerprint density at radius 3 is 2.75 bits per heavy atom. The van der Waals surface area contributed by atoms with Crippen LogP contribution in [0.1, 0.15) is 18.0 Å². The molecule has 0 aliphatic carbocycles. The van der Waals surface area contributed by atoms with Gasteiger partial charge in [0, 0.05) is 0 Å². The number of nitrogens with zero attached hydrogens (tertiary/aromatic N) is 4. The van der Waals surface area contributed by atoms with Crippen LogP contribution in [0, 0.1) is 0 Å². The molecule has 0 saturated carbocycles. The van der Waals surface area contributed by atoms with Crippen LogP contribution < -0.4 is 5.56 Å². The first kappa shape index (κ1) is 18.4. The number of aromatic nitrogens is 4. The van der Waals surface area contributed by atoms with Gasteiger partial charge in [0.2, 0.25) is 0 Å². The van der Waals surface area contributed by atoms with E-state index in [1.54, 1.807) is 0 Å². The lowest BCUT2D eigenvalue weighted by molar-refractivity contribution is -0.145. The monoisotopic (exact) mass is 402 g/mol. The van der Waals surface area contributed by atoms with Gasteiger partial charge in [-0.25, -0.2) is 18.1 Å². The average molecular weight is 402 g/mol. The second kappa shape index (κ2) is 7.19. The Morgan fingerprint density at radius 1 is 1.25 bits per heavy atom. The van der Waals surface area contributed by atoms with E-state index in [-0.39, 0.29) is 36.1 Å². The van der Waals surface area contributed by atoms with E-state index in [0.29, 0.717) is 12.1 Å². The largest absolute Gasteiger partial charge is 0.459 e. The molecule has 10 heteroatoms. The number of hydrogen-bond acceptors (Lipinski definition) is 7. The Bertz CT molecular complexity index is 1180. The van der Waals surface area contributed by atoms with Crippen molar-refractivity contribution in [2.75, 3.05) is 11.5 Å². The normalized spacial score (nSPS) is 18.4. The van der Waals surface area contributed by atoms with Crippen molar-refractivity contribution in [3.05, 3.63) is 58.8 Å². The second-order valence-corrected chi connectivity index (χ2v) is 8.94. The molecule has 0 N–H and O–H groups in total. The molecular weight excluding hydrogens is 384 g/mol. The Morgan fingerprint density at radius 2 is 2.04 bits per heavy atom. The standard InChI is InChI=1S/C18H18N4O5S/c23-16(27-10-13-4-2-1-3-5-13)9-21-12-19-17-15(18(21)24)8-20-22(17)14-6-7-28(25,26)11-14/h1-5,8,12,14H,6-7,9-11H2. The fourth-order valence-electron chi connectivity index (χ4n) is 3.24. The zero-order chi connectivity index (χ0) is 19.7. The van der Waals surface area contributed by atoms with Crippen molar-refractivity contribution < 1.29 is 17.9 Å². The first-order valence-electron chi connectivity index (χ1n) is 8.75.